The Hall–Kier alpha value is -5.46. The van der Waals surface area contributed by atoms with Crippen molar-refractivity contribution < 1.29 is 33.0 Å². The smallest absolute Gasteiger partial charge is 0.276 e. The number of carbonyl (C=O) groups excluding carboxylic acids is 3. The third-order valence-electron chi connectivity index (χ3n) is 7.47. The molecule has 13 heteroatoms. The highest BCUT2D eigenvalue weighted by Crippen LogP contribution is 2.33. The van der Waals surface area contributed by atoms with E-state index in [1.165, 1.54) is 25.4 Å². The van der Waals surface area contributed by atoms with E-state index in [0.717, 1.165) is 0 Å². The number of carbonyl (C=O) groups is 3. The molecule has 3 aromatic carbocycles. The molecule has 6 bridgehead atoms. The summed E-state index contributed by atoms with van der Waals surface area (Å²) in [6.45, 7) is 0.214. The van der Waals surface area contributed by atoms with Crippen LogP contribution in [0.5, 0.6) is 17.2 Å². The van der Waals surface area contributed by atoms with Gasteiger partial charge in [0.15, 0.2) is 12.3 Å². The van der Waals surface area contributed by atoms with E-state index in [1.807, 2.05) is 6.07 Å². The van der Waals surface area contributed by atoms with Crippen LogP contribution in [0.4, 0.5) is 4.39 Å². The Morgan fingerprint density at radius 2 is 1.95 bits per heavy atom. The summed E-state index contributed by atoms with van der Waals surface area (Å²) in [7, 11) is 1.53. The number of fused-ring (bicyclic) bond motifs is 8. The number of ether oxygens (including phenoxy) is 3. The molecule has 226 valence electrons. The molecular formula is C31H29FN6O6. The number of aromatic amines is 1. The SMILES string of the molecule is COc1ccc2cc1-c1cccc(c1)OCC(=O)NCc1cc(F)cc(c1)O[C@@H]1CCN(C(=O)c3cn[nH]n3)C[C@H]1NC2=O. The van der Waals surface area contributed by atoms with Crippen molar-refractivity contribution >= 4 is 17.7 Å². The topological polar surface area (TPSA) is 148 Å². The first kappa shape index (κ1) is 28.6. The van der Waals surface area contributed by atoms with Crippen LogP contribution >= 0.6 is 0 Å². The Balaban J connectivity index is 1.37. The largest absolute Gasteiger partial charge is 0.496 e. The summed E-state index contributed by atoms with van der Waals surface area (Å²) < 4.78 is 32.2. The van der Waals surface area contributed by atoms with Crippen LogP contribution < -0.4 is 24.8 Å². The zero-order valence-electron chi connectivity index (χ0n) is 23.7. The molecule has 6 rings (SSSR count). The molecule has 2 aliphatic heterocycles. The second kappa shape index (κ2) is 12.4. The summed E-state index contributed by atoms with van der Waals surface area (Å²) in [4.78, 5) is 40.9. The van der Waals surface area contributed by atoms with Gasteiger partial charge < -0.3 is 29.7 Å². The molecule has 3 N–H and O–H groups in total. The molecule has 3 amide bonds. The molecule has 44 heavy (non-hydrogen) atoms. The van der Waals surface area contributed by atoms with Gasteiger partial charge in [0.05, 0.1) is 19.3 Å². The molecular weight excluding hydrogens is 571 g/mol. The maximum atomic E-state index is 14.6. The van der Waals surface area contributed by atoms with Gasteiger partial charge in [-0.15, -0.1) is 0 Å². The van der Waals surface area contributed by atoms with Crippen LogP contribution in [0.3, 0.4) is 0 Å². The number of hydrogen-bond acceptors (Lipinski definition) is 8. The molecule has 0 aliphatic carbocycles. The second-order valence-corrected chi connectivity index (χ2v) is 10.4. The normalized spacial score (nSPS) is 18.6. The standard InChI is InChI=1S/C31H29FN6O6/c1-42-27-6-5-20-12-24(27)19-3-2-4-22(11-19)43-17-29(39)33-14-18-9-21(32)13-23(10-18)44-28-7-8-38(16-26(28)35-30(20)40)31(41)25-15-34-37-36-25/h2-6,9-13,15,26,28H,7-8,14,16-17H2,1H3,(H,33,39)(H,35,40)(H,34,36,37)/t26-,28-/m1/s1. The number of halogens is 1. The lowest BCUT2D eigenvalue weighted by molar-refractivity contribution is -0.123. The highest BCUT2D eigenvalue weighted by atomic mass is 19.1. The van der Waals surface area contributed by atoms with Crippen LogP contribution in [0.15, 0.2) is 66.9 Å². The number of aromatic nitrogens is 3. The molecule has 0 spiro atoms. The number of nitrogens with one attached hydrogen (secondary N) is 3. The van der Waals surface area contributed by atoms with Gasteiger partial charge in [-0.3, -0.25) is 14.4 Å². The van der Waals surface area contributed by atoms with E-state index in [9.17, 15) is 18.8 Å². The van der Waals surface area contributed by atoms with Gasteiger partial charge in [-0.1, -0.05) is 12.1 Å². The van der Waals surface area contributed by atoms with Gasteiger partial charge in [0.25, 0.3) is 17.7 Å². The number of methoxy groups -OCH3 is 1. The maximum absolute atomic E-state index is 14.6. The fourth-order valence-electron chi connectivity index (χ4n) is 5.31. The van der Waals surface area contributed by atoms with Crippen LogP contribution in [0.25, 0.3) is 11.1 Å². The monoisotopic (exact) mass is 600 g/mol. The molecule has 0 saturated carbocycles. The fraction of sp³-hybridized carbons (Fsp3) is 0.258. The third-order valence-corrected chi connectivity index (χ3v) is 7.47. The van der Waals surface area contributed by atoms with Gasteiger partial charge in [-0.25, -0.2) is 4.39 Å². The summed E-state index contributed by atoms with van der Waals surface area (Å²) in [5.41, 5.74) is 2.32. The van der Waals surface area contributed by atoms with Crippen molar-refractivity contribution in [3.8, 4) is 28.4 Å². The summed E-state index contributed by atoms with van der Waals surface area (Å²) >= 11 is 0. The van der Waals surface area contributed by atoms with Crippen LogP contribution in [0, 0.1) is 5.82 Å². The zero-order valence-corrected chi connectivity index (χ0v) is 23.7. The van der Waals surface area contributed by atoms with Crippen LogP contribution in [0.2, 0.25) is 0 Å². The van der Waals surface area contributed by atoms with Crippen LogP contribution in [0.1, 0.15) is 32.8 Å². The number of rotatable bonds is 2. The van der Waals surface area contributed by atoms with Gasteiger partial charge in [0.1, 0.15) is 29.2 Å². The molecule has 0 unspecified atom stereocenters. The van der Waals surface area contributed by atoms with Gasteiger partial charge in [-0.2, -0.15) is 15.4 Å². The average molecular weight is 601 g/mol. The number of likely N-dealkylation sites (tertiary alicyclic amines) is 1. The lowest BCUT2D eigenvalue weighted by atomic mass is 9.99. The molecule has 1 aromatic heterocycles. The van der Waals surface area contributed by atoms with E-state index in [2.05, 4.69) is 26.0 Å². The summed E-state index contributed by atoms with van der Waals surface area (Å²) in [5.74, 6) is -0.480. The molecule has 2 atom stereocenters. The van der Waals surface area contributed by atoms with Crippen molar-refractivity contribution in [3.05, 3.63) is 89.5 Å². The van der Waals surface area contributed by atoms with Gasteiger partial charge >= 0.3 is 0 Å². The molecule has 1 saturated heterocycles. The Morgan fingerprint density at radius 3 is 2.77 bits per heavy atom. The predicted molar refractivity (Wildman–Crippen MR) is 155 cm³/mol. The highest BCUT2D eigenvalue weighted by molar-refractivity contribution is 5.96. The first-order chi connectivity index (χ1) is 21.4. The summed E-state index contributed by atoms with van der Waals surface area (Å²) in [6, 6.07) is 15.6. The molecule has 1 fully saturated rings. The number of nitrogens with zero attached hydrogens (tertiary/aromatic N) is 3. The summed E-state index contributed by atoms with van der Waals surface area (Å²) in [6.07, 6.45) is 1.07. The lowest BCUT2D eigenvalue weighted by Crippen LogP contribution is -2.58. The minimum atomic E-state index is -0.664. The predicted octanol–water partition coefficient (Wildman–Crippen LogP) is 2.72. The Kier molecular flexibility index (Phi) is 8.08. The number of H-pyrrole nitrogens is 1. The van der Waals surface area contributed by atoms with Gasteiger partial charge in [0.2, 0.25) is 0 Å². The number of benzene rings is 3. The number of piperidine rings is 1. The van der Waals surface area contributed by atoms with E-state index in [0.29, 0.717) is 46.7 Å². The maximum Gasteiger partial charge on any atom is 0.276 e. The molecule has 4 aromatic rings. The van der Waals surface area contributed by atoms with Crippen molar-refractivity contribution in [2.45, 2.75) is 25.1 Å². The number of hydrogen-bond donors (Lipinski definition) is 3. The second-order valence-electron chi connectivity index (χ2n) is 10.4. The number of amides is 3. The van der Waals surface area contributed by atoms with Crippen molar-refractivity contribution in [1.82, 2.24) is 30.9 Å². The van der Waals surface area contributed by atoms with Gasteiger partial charge in [0, 0.05) is 43.2 Å². The van der Waals surface area contributed by atoms with Crippen molar-refractivity contribution in [3.63, 3.8) is 0 Å². The van der Waals surface area contributed by atoms with E-state index in [1.54, 1.807) is 47.4 Å². The Morgan fingerprint density at radius 1 is 1.07 bits per heavy atom. The van der Waals surface area contributed by atoms with Crippen molar-refractivity contribution in [2.75, 3.05) is 26.8 Å². The third kappa shape index (κ3) is 6.31. The average Bonchev–Trinajstić information content (AvgIpc) is 3.58. The van der Waals surface area contributed by atoms with Crippen molar-refractivity contribution in [2.24, 2.45) is 0 Å². The van der Waals surface area contributed by atoms with Crippen LogP contribution in [-0.2, 0) is 11.3 Å². The molecule has 0 radical (unpaired) electrons. The van der Waals surface area contributed by atoms with E-state index < -0.39 is 29.8 Å². The molecule has 3 heterocycles. The minimum Gasteiger partial charge on any atom is -0.496 e. The van der Waals surface area contributed by atoms with E-state index >= 15 is 0 Å². The highest BCUT2D eigenvalue weighted by Gasteiger charge is 2.35. The molecule has 2 aliphatic rings. The van der Waals surface area contributed by atoms with E-state index in [-0.39, 0.29) is 37.0 Å². The quantitative estimate of drug-likeness (QED) is 0.318. The van der Waals surface area contributed by atoms with E-state index in [4.69, 9.17) is 14.2 Å². The Labute approximate surface area is 251 Å². The molecule has 12 nitrogen and oxygen atoms in total. The first-order valence-corrected chi connectivity index (χ1v) is 14.0. The Bertz CT molecular complexity index is 1700. The minimum absolute atomic E-state index is 0.0458. The van der Waals surface area contributed by atoms with Crippen molar-refractivity contribution in [1.29, 1.82) is 0 Å². The van der Waals surface area contributed by atoms with Crippen LogP contribution in [-0.4, -0.2) is 77.0 Å². The lowest BCUT2D eigenvalue weighted by Gasteiger charge is -2.38. The van der Waals surface area contributed by atoms with Gasteiger partial charge in [-0.05, 0) is 53.6 Å². The first-order valence-electron chi connectivity index (χ1n) is 14.0. The summed E-state index contributed by atoms with van der Waals surface area (Å²) in [5, 5.41) is 15.8. The zero-order chi connectivity index (χ0) is 30.6. The fourth-order valence-corrected chi connectivity index (χ4v) is 5.31.